The fourth-order valence-corrected chi connectivity index (χ4v) is 3.13. The van der Waals surface area contributed by atoms with Gasteiger partial charge < -0.3 is 25.6 Å². The number of hydrogen-bond donors (Lipinski definition) is 3. The van der Waals surface area contributed by atoms with Crippen LogP contribution in [0.1, 0.15) is 40.5 Å². The predicted molar refractivity (Wildman–Crippen MR) is 117 cm³/mol. The predicted octanol–water partition coefficient (Wildman–Crippen LogP) is 3.61. The average molecular weight is 439 g/mol. The third-order valence-electron chi connectivity index (χ3n) is 4.67. The Morgan fingerprint density at radius 2 is 1.77 bits per heavy atom. The number of halogens is 1. The molecular formula is C21H31ClN4O4. The Kier molecular flexibility index (Phi) is 8.34. The number of benzene rings is 1. The summed E-state index contributed by atoms with van der Waals surface area (Å²) >= 11 is 5.81. The number of ether oxygens (including phenoxy) is 1. The molecule has 1 saturated heterocycles. The molecular weight excluding hydrogens is 408 g/mol. The van der Waals surface area contributed by atoms with Gasteiger partial charge in [0.15, 0.2) is 0 Å². The average Bonchev–Trinajstić information content (AvgIpc) is 2.66. The maximum Gasteiger partial charge on any atom is 0.410 e. The van der Waals surface area contributed by atoms with Gasteiger partial charge in [-0.2, -0.15) is 0 Å². The van der Waals surface area contributed by atoms with E-state index in [9.17, 15) is 14.4 Å². The molecule has 1 aliphatic rings. The zero-order valence-electron chi connectivity index (χ0n) is 18.0. The lowest BCUT2D eigenvalue weighted by atomic mass is 9.97. The van der Waals surface area contributed by atoms with E-state index in [2.05, 4.69) is 16.0 Å². The molecule has 166 valence electrons. The maximum atomic E-state index is 12.3. The quantitative estimate of drug-likeness (QED) is 0.653. The molecule has 0 bridgehead atoms. The second-order valence-electron chi connectivity index (χ2n) is 8.48. The molecule has 0 unspecified atom stereocenters. The lowest BCUT2D eigenvalue weighted by Gasteiger charge is -2.33. The Balaban J connectivity index is 1.68. The Morgan fingerprint density at radius 3 is 2.33 bits per heavy atom. The summed E-state index contributed by atoms with van der Waals surface area (Å²) < 4.78 is 5.39. The lowest BCUT2D eigenvalue weighted by molar-refractivity contribution is -0.122. The summed E-state index contributed by atoms with van der Waals surface area (Å²) in [6.45, 7) is 8.88. The summed E-state index contributed by atoms with van der Waals surface area (Å²) in [5.41, 5.74) is 0.0755. The molecule has 0 aliphatic carbocycles. The minimum atomic E-state index is -0.681. The Hall–Kier alpha value is -2.48. The van der Waals surface area contributed by atoms with Crippen LogP contribution < -0.4 is 16.0 Å². The lowest BCUT2D eigenvalue weighted by Crippen LogP contribution is -2.48. The Labute approximate surface area is 182 Å². The van der Waals surface area contributed by atoms with Crippen molar-refractivity contribution in [3.63, 3.8) is 0 Å². The van der Waals surface area contributed by atoms with E-state index in [1.165, 1.54) is 0 Å². The second-order valence-corrected chi connectivity index (χ2v) is 8.92. The van der Waals surface area contributed by atoms with Crippen LogP contribution in [-0.2, 0) is 9.53 Å². The molecule has 8 nitrogen and oxygen atoms in total. The second kappa shape index (κ2) is 10.5. The number of likely N-dealkylation sites (tertiary alicyclic amines) is 1. The first kappa shape index (κ1) is 23.8. The van der Waals surface area contributed by atoms with Gasteiger partial charge in [0.05, 0.1) is 0 Å². The van der Waals surface area contributed by atoms with E-state index in [1.54, 1.807) is 36.1 Å². The summed E-state index contributed by atoms with van der Waals surface area (Å²) in [4.78, 5) is 38.1. The van der Waals surface area contributed by atoms with Crippen LogP contribution in [0, 0.1) is 5.92 Å². The van der Waals surface area contributed by atoms with E-state index in [0.717, 1.165) is 12.8 Å². The van der Waals surface area contributed by atoms with Crippen LogP contribution >= 0.6 is 11.6 Å². The van der Waals surface area contributed by atoms with E-state index in [4.69, 9.17) is 16.3 Å². The Bertz CT molecular complexity index is 740. The maximum absolute atomic E-state index is 12.3. The third kappa shape index (κ3) is 8.10. The smallest absolute Gasteiger partial charge is 0.410 e. The number of hydrogen-bond acceptors (Lipinski definition) is 4. The molecule has 2 rings (SSSR count). The normalized spacial score (nSPS) is 15.8. The van der Waals surface area contributed by atoms with Gasteiger partial charge in [-0.3, -0.25) is 4.79 Å². The van der Waals surface area contributed by atoms with Crippen LogP contribution in [0.4, 0.5) is 15.3 Å². The molecule has 0 radical (unpaired) electrons. The van der Waals surface area contributed by atoms with E-state index < -0.39 is 17.7 Å². The number of anilines is 1. The fraction of sp³-hybridized carbons (Fsp3) is 0.571. The van der Waals surface area contributed by atoms with Crippen molar-refractivity contribution in [2.75, 3.05) is 25.0 Å². The first-order chi connectivity index (χ1) is 14.0. The third-order valence-corrected chi connectivity index (χ3v) is 4.93. The van der Waals surface area contributed by atoms with E-state index in [0.29, 0.717) is 30.3 Å². The minimum Gasteiger partial charge on any atom is -0.444 e. The molecule has 1 aliphatic heterocycles. The summed E-state index contributed by atoms with van der Waals surface area (Å²) in [5, 5.41) is 8.72. The van der Waals surface area contributed by atoms with Gasteiger partial charge in [-0.15, -0.1) is 0 Å². The number of carbonyl (C=O) groups excluding carboxylic acids is 3. The number of carbonyl (C=O) groups is 3. The molecule has 0 saturated carbocycles. The fourth-order valence-electron chi connectivity index (χ4n) is 3.01. The molecule has 1 heterocycles. The highest BCUT2D eigenvalue weighted by atomic mass is 35.5. The number of piperidine rings is 1. The van der Waals surface area contributed by atoms with Gasteiger partial charge in [-0.1, -0.05) is 11.6 Å². The summed E-state index contributed by atoms with van der Waals surface area (Å²) in [7, 11) is 0. The summed E-state index contributed by atoms with van der Waals surface area (Å²) in [6, 6.07) is 5.54. The molecule has 1 fully saturated rings. The largest absolute Gasteiger partial charge is 0.444 e. The minimum absolute atomic E-state index is 0.254. The first-order valence-electron chi connectivity index (χ1n) is 10.1. The van der Waals surface area contributed by atoms with Gasteiger partial charge in [-0.25, -0.2) is 9.59 Å². The topological polar surface area (TPSA) is 99.8 Å². The van der Waals surface area contributed by atoms with Crippen molar-refractivity contribution in [2.24, 2.45) is 5.92 Å². The molecule has 3 N–H and O–H groups in total. The van der Waals surface area contributed by atoms with Crippen molar-refractivity contribution in [2.45, 2.75) is 52.2 Å². The summed E-state index contributed by atoms with van der Waals surface area (Å²) in [5.74, 6) is 0.0264. The van der Waals surface area contributed by atoms with Crippen molar-refractivity contribution < 1.29 is 19.1 Å². The molecule has 1 aromatic carbocycles. The molecule has 1 aromatic rings. The van der Waals surface area contributed by atoms with Gasteiger partial charge >= 0.3 is 12.1 Å². The van der Waals surface area contributed by atoms with Crippen LogP contribution in [0.2, 0.25) is 5.02 Å². The Morgan fingerprint density at radius 1 is 1.17 bits per heavy atom. The molecule has 0 spiro atoms. The van der Waals surface area contributed by atoms with Crippen LogP contribution in [-0.4, -0.2) is 54.2 Å². The number of rotatable bonds is 5. The molecule has 30 heavy (non-hydrogen) atoms. The van der Waals surface area contributed by atoms with Gasteiger partial charge in [0, 0.05) is 30.3 Å². The molecule has 1 atom stereocenters. The van der Waals surface area contributed by atoms with Crippen molar-refractivity contribution in [3.8, 4) is 0 Å². The molecule has 0 aromatic heterocycles. The van der Waals surface area contributed by atoms with Crippen molar-refractivity contribution >= 4 is 35.3 Å². The van der Waals surface area contributed by atoms with Crippen LogP contribution in [0.25, 0.3) is 0 Å². The monoisotopic (exact) mass is 438 g/mol. The molecule has 4 amide bonds. The van der Waals surface area contributed by atoms with Crippen molar-refractivity contribution in [1.29, 1.82) is 0 Å². The number of urea groups is 1. The van der Waals surface area contributed by atoms with Gasteiger partial charge in [0.1, 0.15) is 11.6 Å². The van der Waals surface area contributed by atoms with Gasteiger partial charge in [0.2, 0.25) is 5.91 Å². The highest BCUT2D eigenvalue weighted by molar-refractivity contribution is 6.30. The number of amides is 4. The standard InChI is InChI=1S/C21H31ClN4O4/c1-14(24-19(28)25-17-7-5-16(22)6-8-17)18(27)23-13-15-9-11-26(12-10-15)20(29)30-21(2,3)4/h5-8,14-15H,9-13H2,1-4H3,(H,23,27)(H2,24,25,28)/t14-/m1/s1. The van der Waals surface area contributed by atoms with Gasteiger partial charge in [-0.05, 0) is 70.7 Å². The van der Waals surface area contributed by atoms with Crippen molar-refractivity contribution in [1.82, 2.24) is 15.5 Å². The zero-order chi connectivity index (χ0) is 22.3. The van der Waals surface area contributed by atoms with Gasteiger partial charge in [0.25, 0.3) is 0 Å². The SMILES string of the molecule is C[C@@H](NC(=O)Nc1ccc(Cl)cc1)C(=O)NCC1CCN(C(=O)OC(C)(C)C)CC1. The van der Waals surface area contributed by atoms with E-state index in [1.807, 2.05) is 20.8 Å². The highest BCUT2D eigenvalue weighted by Crippen LogP contribution is 2.19. The van der Waals surface area contributed by atoms with Crippen molar-refractivity contribution in [3.05, 3.63) is 29.3 Å². The summed E-state index contributed by atoms with van der Waals surface area (Å²) in [6.07, 6.45) is 1.28. The number of nitrogens with zero attached hydrogens (tertiary/aromatic N) is 1. The molecule has 9 heteroatoms. The highest BCUT2D eigenvalue weighted by Gasteiger charge is 2.27. The van der Waals surface area contributed by atoms with Crippen LogP contribution in [0.15, 0.2) is 24.3 Å². The van der Waals surface area contributed by atoms with Crippen LogP contribution in [0.3, 0.4) is 0 Å². The van der Waals surface area contributed by atoms with Crippen LogP contribution in [0.5, 0.6) is 0 Å². The van der Waals surface area contributed by atoms with E-state index in [-0.39, 0.29) is 17.9 Å². The zero-order valence-corrected chi connectivity index (χ0v) is 18.7. The number of nitrogens with one attached hydrogen (secondary N) is 3. The first-order valence-corrected chi connectivity index (χ1v) is 10.5. The van der Waals surface area contributed by atoms with E-state index >= 15 is 0 Å².